The molecule has 2 N–H and O–H groups in total. The average molecular weight is 475 g/mol. The van der Waals surface area contributed by atoms with E-state index in [2.05, 4.69) is 15.3 Å². The molecular weight excluding hydrogens is 444 g/mol. The predicted octanol–water partition coefficient (Wildman–Crippen LogP) is 4.48. The van der Waals surface area contributed by atoms with Gasteiger partial charge in [0.25, 0.3) is 11.8 Å². The Hall–Kier alpha value is -3.81. The second-order valence-corrected chi connectivity index (χ2v) is 8.94. The Bertz CT molecular complexity index is 1230. The number of fused-ring (bicyclic) bond motifs is 3. The molecule has 3 heterocycles. The van der Waals surface area contributed by atoms with Crippen LogP contribution in [-0.2, 0) is 0 Å². The number of unbranched alkanes of at least 4 members (excludes halogenated alkanes) is 2. The number of amides is 2. The number of carbonyl (C=O) groups is 2. The summed E-state index contributed by atoms with van der Waals surface area (Å²) in [6, 6.07) is 13.3. The van der Waals surface area contributed by atoms with Gasteiger partial charge in [-0.05, 0) is 50.3 Å². The first kappa shape index (κ1) is 23.0. The fourth-order valence-electron chi connectivity index (χ4n) is 4.70. The van der Waals surface area contributed by atoms with Gasteiger partial charge in [0.15, 0.2) is 11.5 Å². The van der Waals surface area contributed by atoms with Crippen molar-refractivity contribution in [3.8, 4) is 11.5 Å². The Kier molecular flexibility index (Phi) is 6.70. The van der Waals surface area contributed by atoms with Crippen molar-refractivity contribution in [3.63, 3.8) is 0 Å². The third kappa shape index (κ3) is 4.87. The van der Waals surface area contributed by atoms with E-state index in [9.17, 15) is 9.59 Å². The molecule has 8 nitrogen and oxygen atoms in total. The molecule has 0 aliphatic carbocycles. The van der Waals surface area contributed by atoms with Crippen molar-refractivity contribution in [3.05, 3.63) is 53.7 Å². The number of aromatic amines is 1. The minimum absolute atomic E-state index is 0.000607. The maximum atomic E-state index is 13.0. The summed E-state index contributed by atoms with van der Waals surface area (Å²) in [4.78, 5) is 34.9. The lowest BCUT2D eigenvalue weighted by Gasteiger charge is -2.20. The number of methoxy groups -OCH3 is 1. The fourth-order valence-corrected chi connectivity index (χ4v) is 4.70. The van der Waals surface area contributed by atoms with Gasteiger partial charge in [-0.15, -0.1) is 0 Å². The first-order valence-electron chi connectivity index (χ1n) is 12.2. The molecule has 1 aromatic heterocycles. The third-order valence-corrected chi connectivity index (χ3v) is 6.60. The normalized spacial score (nSPS) is 16.7. The molecule has 2 aromatic carbocycles. The van der Waals surface area contributed by atoms with Crippen molar-refractivity contribution in [2.45, 2.75) is 38.1 Å². The third-order valence-electron chi connectivity index (χ3n) is 6.60. The van der Waals surface area contributed by atoms with Gasteiger partial charge < -0.3 is 24.7 Å². The number of aromatic nitrogens is 1. The summed E-state index contributed by atoms with van der Waals surface area (Å²) in [5.41, 5.74) is 2.71. The second-order valence-electron chi connectivity index (χ2n) is 8.94. The zero-order valence-corrected chi connectivity index (χ0v) is 19.9. The van der Waals surface area contributed by atoms with E-state index in [1.54, 1.807) is 19.2 Å². The summed E-state index contributed by atoms with van der Waals surface area (Å²) in [5.74, 6) is 1.03. The summed E-state index contributed by atoms with van der Waals surface area (Å²) in [6.07, 6.45) is 6.42. The number of aliphatic imine (C=N–C) groups is 1. The molecule has 1 saturated heterocycles. The number of ether oxygens (including phenoxy) is 2. The maximum Gasteiger partial charge on any atom is 0.267 e. The lowest BCUT2D eigenvalue weighted by molar-refractivity contribution is 0.0774. The number of hydrogen-bond donors (Lipinski definition) is 2. The van der Waals surface area contributed by atoms with Gasteiger partial charge in [0.1, 0.15) is 5.69 Å². The molecule has 0 spiro atoms. The second kappa shape index (κ2) is 10.2. The Balaban J connectivity index is 1.09. The van der Waals surface area contributed by atoms with E-state index in [0.29, 0.717) is 41.6 Å². The number of nitrogens with zero attached hydrogens (tertiary/aromatic N) is 2. The molecule has 3 aromatic rings. The number of para-hydroxylation sites is 1. The van der Waals surface area contributed by atoms with E-state index in [0.717, 1.165) is 49.6 Å². The molecule has 0 saturated carbocycles. The lowest BCUT2D eigenvalue weighted by atomic mass is 10.1. The molecule has 5 rings (SSSR count). The van der Waals surface area contributed by atoms with Crippen LogP contribution in [0.1, 0.15) is 53.0 Å². The van der Waals surface area contributed by atoms with Crippen LogP contribution < -0.4 is 14.8 Å². The highest BCUT2D eigenvalue weighted by molar-refractivity contribution is 6.03. The summed E-state index contributed by atoms with van der Waals surface area (Å²) >= 11 is 0. The standard InChI is InChI=1S/C27H30N4O4/c1-34-24-15-20-22(29-17-19-9-7-12-31(19)27(20)33)16-25(24)35-13-6-2-5-11-28-26(32)23-14-18-8-3-4-10-21(18)30-23/h3-4,8,10,14-17,19,30H,2,5-7,9,11-13H2,1H3,(H,28,32)/t19-/m0/s1. The Morgan fingerprint density at radius 1 is 1.17 bits per heavy atom. The average Bonchev–Trinajstić information content (AvgIpc) is 3.51. The van der Waals surface area contributed by atoms with E-state index in [-0.39, 0.29) is 17.9 Å². The molecule has 2 aliphatic heterocycles. The molecule has 8 heteroatoms. The highest BCUT2D eigenvalue weighted by Crippen LogP contribution is 2.38. The molecule has 2 amide bonds. The highest BCUT2D eigenvalue weighted by Gasteiger charge is 2.32. The Labute approximate surface area is 204 Å². The number of nitrogens with one attached hydrogen (secondary N) is 2. The summed E-state index contributed by atoms with van der Waals surface area (Å²) < 4.78 is 11.5. The summed E-state index contributed by atoms with van der Waals surface area (Å²) in [5, 5.41) is 3.99. The van der Waals surface area contributed by atoms with Crippen molar-refractivity contribution >= 4 is 34.6 Å². The van der Waals surface area contributed by atoms with Crippen LogP contribution in [0.15, 0.2) is 47.5 Å². The quantitative estimate of drug-likeness (QED) is 0.447. The molecule has 0 unspecified atom stereocenters. The zero-order chi connectivity index (χ0) is 24.2. The number of hydrogen-bond acceptors (Lipinski definition) is 5. The van der Waals surface area contributed by atoms with Crippen molar-refractivity contribution in [2.24, 2.45) is 4.99 Å². The van der Waals surface area contributed by atoms with Gasteiger partial charge in [0, 0.05) is 36.3 Å². The first-order chi connectivity index (χ1) is 17.1. The minimum Gasteiger partial charge on any atom is -0.493 e. The van der Waals surface area contributed by atoms with E-state index >= 15 is 0 Å². The lowest BCUT2D eigenvalue weighted by Crippen LogP contribution is -2.35. The molecule has 1 atom stereocenters. The van der Waals surface area contributed by atoms with Crippen LogP contribution >= 0.6 is 0 Å². The Morgan fingerprint density at radius 2 is 2.06 bits per heavy atom. The van der Waals surface area contributed by atoms with Gasteiger partial charge in [0.05, 0.1) is 31.0 Å². The number of rotatable bonds is 9. The van der Waals surface area contributed by atoms with Crippen LogP contribution in [0.2, 0.25) is 0 Å². The summed E-state index contributed by atoms with van der Waals surface area (Å²) in [6.45, 7) is 1.88. The molecule has 2 aliphatic rings. The van der Waals surface area contributed by atoms with Gasteiger partial charge in [-0.25, -0.2) is 0 Å². The topological polar surface area (TPSA) is 96.0 Å². The molecule has 182 valence electrons. The fraction of sp³-hybridized carbons (Fsp3) is 0.370. The van der Waals surface area contributed by atoms with Crippen LogP contribution in [0, 0.1) is 0 Å². The van der Waals surface area contributed by atoms with E-state index in [4.69, 9.17) is 9.47 Å². The van der Waals surface area contributed by atoms with Crippen LogP contribution in [0.4, 0.5) is 5.69 Å². The molecule has 1 fully saturated rings. The molecular formula is C27H30N4O4. The van der Waals surface area contributed by atoms with Crippen LogP contribution in [-0.4, -0.2) is 60.8 Å². The van der Waals surface area contributed by atoms with Crippen LogP contribution in [0.5, 0.6) is 11.5 Å². The first-order valence-corrected chi connectivity index (χ1v) is 12.2. The maximum absolute atomic E-state index is 13.0. The van der Waals surface area contributed by atoms with Crippen molar-refractivity contribution in [2.75, 3.05) is 26.8 Å². The van der Waals surface area contributed by atoms with Gasteiger partial charge in [-0.1, -0.05) is 18.2 Å². The van der Waals surface area contributed by atoms with Crippen molar-refractivity contribution in [1.82, 2.24) is 15.2 Å². The summed E-state index contributed by atoms with van der Waals surface area (Å²) in [7, 11) is 1.58. The number of benzene rings is 2. The van der Waals surface area contributed by atoms with E-state index in [1.165, 1.54) is 0 Å². The number of H-pyrrole nitrogens is 1. The largest absolute Gasteiger partial charge is 0.493 e. The van der Waals surface area contributed by atoms with Gasteiger partial charge in [-0.2, -0.15) is 0 Å². The minimum atomic E-state index is -0.0947. The van der Waals surface area contributed by atoms with E-state index in [1.807, 2.05) is 41.4 Å². The molecule has 0 radical (unpaired) electrons. The molecule has 0 bridgehead atoms. The highest BCUT2D eigenvalue weighted by atomic mass is 16.5. The Morgan fingerprint density at radius 3 is 2.91 bits per heavy atom. The van der Waals surface area contributed by atoms with E-state index < -0.39 is 0 Å². The van der Waals surface area contributed by atoms with Gasteiger partial charge in [0.2, 0.25) is 0 Å². The predicted molar refractivity (Wildman–Crippen MR) is 135 cm³/mol. The monoisotopic (exact) mass is 474 g/mol. The van der Waals surface area contributed by atoms with Crippen molar-refractivity contribution < 1.29 is 19.1 Å². The van der Waals surface area contributed by atoms with Gasteiger partial charge >= 0.3 is 0 Å². The SMILES string of the molecule is COc1cc2c(cc1OCCCCCNC(=O)c1cc3ccccc3[nH]1)N=C[C@@H]1CCCN1C2=O. The van der Waals surface area contributed by atoms with Gasteiger partial charge in [-0.3, -0.25) is 14.6 Å². The smallest absolute Gasteiger partial charge is 0.267 e. The zero-order valence-electron chi connectivity index (χ0n) is 19.9. The van der Waals surface area contributed by atoms with Crippen LogP contribution in [0.25, 0.3) is 10.9 Å². The van der Waals surface area contributed by atoms with Crippen molar-refractivity contribution in [1.29, 1.82) is 0 Å². The molecule has 35 heavy (non-hydrogen) atoms. The number of carbonyl (C=O) groups excluding carboxylic acids is 2. The van der Waals surface area contributed by atoms with Crippen LogP contribution in [0.3, 0.4) is 0 Å².